The second kappa shape index (κ2) is 10.0. The number of benzene rings is 5. The highest BCUT2D eigenvalue weighted by Gasteiger charge is 2.20. The van der Waals surface area contributed by atoms with Crippen LogP contribution in [0.3, 0.4) is 0 Å². The van der Waals surface area contributed by atoms with Gasteiger partial charge in [0.1, 0.15) is 17.2 Å². The zero-order chi connectivity index (χ0) is 25.1. The summed E-state index contributed by atoms with van der Waals surface area (Å²) in [4.78, 5) is 0. The molecule has 0 aromatic heterocycles. The lowest BCUT2D eigenvalue weighted by molar-refractivity contribution is 0.474. The van der Waals surface area contributed by atoms with Crippen LogP contribution in [0.1, 0.15) is 50.8 Å². The molecule has 178 valence electrons. The van der Waals surface area contributed by atoms with E-state index in [0.717, 1.165) is 27.8 Å². The van der Waals surface area contributed by atoms with Crippen molar-refractivity contribution in [3.05, 3.63) is 160 Å². The smallest absolute Gasteiger partial charge is 0.115 e. The van der Waals surface area contributed by atoms with E-state index in [1.54, 1.807) is 36.4 Å². The monoisotopic (exact) mass is 472 g/mol. The standard InChI is InChI=1S/C33H28O3/c1-22-3-2-4-28(21-22)33(27-13-19-31(36)20-14-27)24-7-5-23(6-8-24)32(25-9-15-29(34)16-10-25)26-11-17-30(35)18-12-26/h2-21,32-36H,1H3. The van der Waals surface area contributed by atoms with Crippen LogP contribution in [-0.2, 0) is 0 Å². The third-order valence-corrected chi connectivity index (χ3v) is 6.66. The first-order valence-corrected chi connectivity index (χ1v) is 12.0. The van der Waals surface area contributed by atoms with Crippen molar-refractivity contribution in [1.82, 2.24) is 0 Å². The highest BCUT2D eigenvalue weighted by molar-refractivity contribution is 5.49. The van der Waals surface area contributed by atoms with Gasteiger partial charge in [0.15, 0.2) is 0 Å². The van der Waals surface area contributed by atoms with Gasteiger partial charge < -0.3 is 15.3 Å². The molecular weight excluding hydrogens is 444 g/mol. The Morgan fingerprint density at radius 3 is 1.03 bits per heavy atom. The molecule has 3 nitrogen and oxygen atoms in total. The highest BCUT2D eigenvalue weighted by atomic mass is 16.3. The molecule has 1 unspecified atom stereocenters. The molecule has 0 spiro atoms. The zero-order valence-electron chi connectivity index (χ0n) is 20.0. The average Bonchev–Trinajstić information content (AvgIpc) is 2.89. The van der Waals surface area contributed by atoms with Crippen LogP contribution in [0.15, 0.2) is 121 Å². The minimum Gasteiger partial charge on any atom is -0.508 e. The Labute approximate surface area is 211 Å². The van der Waals surface area contributed by atoms with Gasteiger partial charge in [0.25, 0.3) is 0 Å². The van der Waals surface area contributed by atoms with Crippen molar-refractivity contribution >= 4 is 0 Å². The van der Waals surface area contributed by atoms with Gasteiger partial charge in [-0.05, 0) is 76.7 Å². The molecule has 0 saturated heterocycles. The molecule has 3 N–H and O–H groups in total. The van der Waals surface area contributed by atoms with E-state index in [1.165, 1.54) is 11.1 Å². The molecule has 1 atom stereocenters. The molecular formula is C33H28O3. The van der Waals surface area contributed by atoms with E-state index in [1.807, 2.05) is 36.4 Å². The minimum absolute atomic E-state index is 0.0281. The summed E-state index contributed by atoms with van der Waals surface area (Å²) in [6.45, 7) is 2.10. The van der Waals surface area contributed by atoms with Gasteiger partial charge in [-0.1, -0.05) is 90.5 Å². The van der Waals surface area contributed by atoms with Gasteiger partial charge in [0.2, 0.25) is 0 Å². The maximum atomic E-state index is 9.84. The van der Waals surface area contributed by atoms with Gasteiger partial charge >= 0.3 is 0 Å². The maximum absolute atomic E-state index is 9.84. The van der Waals surface area contributed by atoms with Crippen LogP contribution in [0.2, 0.25) is 0 Å². The molecule has 5 rings (SSSR count). The van der Waals surface area contributed by atoms with Gasteiger partial charge in [0.05, 0.1) is 0 Å². The first-order valence-electron chi connectivity index (χ1n) is 12.0. The third-order valence-electron chi connectivity index (χ3n) is 6.66. The number of hydrogen-bond acceptors (Lipinski definition) is 3. The quantitative estimate of drug-likeness (QED) is 0.225. The topological polar surface area (TPSA) is 60.7 Å². The lowest BCUT2D eigenvalue weighted by Gasteiger charge is -2.22. The van der Waals surface area contributed by atoms with Crippen molar-refractivity contribution in [2.75, 3.05) is 0 Å². The fourth-order valence-electron chi connectivity index (χ4n) is 4.89. The summed E-state index contributed by atoms with van der Waals surface area (Å²) in [5.41, 5.74) is 7.89. The normalized spacial score (nSPS) is 11.9. The summed E-state index contributed by atoms with van der Waals surface area (Å²) in [5.74, 6) is 0.691. The Bertz CT molecular complexity index is 1390. The van der Waals surface area contributed by atoms with Crippen LogP contribution in [-0.4, -0.2) is 15.3 Å². The van der Waals surface area contributed by atoms with E-state index in [-0.39, 0.29) is 29.1 Å². The van der Waals surface area contributed by atoms with Crippen molar-refractivity contribution in [2.24, 2.45) is 0 Å². The van der Waals surface area contributed by atoms with Gasteiger partial charge in [-0.25, -0.2) is 0 Å². The summed E-state index contributed by atoms with van der Waals surface area (Å²) in [5, 5.41) is 29.5. The van der Waals surface area contributed by atoms with E-state index in [9.17, 15) is 15.3 Å². The fourth-order valence-corrected chi connectivity index (χ4v) is 4.89. The Morgan fingerprint density at radius 2 is 0.694 bits per heavy atom. The fraction of sp³-hybridized carbons (Fsp3) is 0.0909. The number of phenolic OH excluding ortho intramolecular Hbond substituents is 3. The Balaban J connectivity index is 1.58. The van der Waals surface area contributed by atoms with E-state index >= 15 is 0 Å². The average molecular weight is 473 g/mol. The molecule has 0 bridgehead atoms. The van der Waals surface area contributed by atoms with Crippen molar-refractivity contribution < 1.29 is 15.3 Å². The summed E-state index contributed by atoms with van der Waals surface area (Å²) >= 11 is 0. The van der Waals surface area contributed by atoms with E-state index < -0.39 is 0 Å². The second-order valence-electron chi connectivity index (χ2n) is 9.22. The number of aromatic hydroxyl groups is 3. The van der Waals surface area contributed by atoms with E-state index in [2.05, 4.69) is 55.5 Å². The zero-order valence-corrected chi connectivity index (χ0v) is 20.0. The molecule has 5 aromatic rings. The number of phenols is 3. The second-order valence-corrected chi connectivity index (χ2v) is 9.22. The predicted octanol–water partition coefficient (Wildman–Crippen LogP) is 7.47. The summed E-state index contributed by atoms with van der Waals surface area (Å²) < 4.78 is 0. The van der Waals surface area contributed by atoms with Crippen LogP contribution in [0.4, 0.5) is 0 Å². The third kappa shape index (κ3) is 4.96. The lowest BCUT2D eigenvalue weighted by atomic mass is 9.81. The molecule has 0 amide bonds. The van der Waals surface area contributed by atoms with Crippen LogP contribution in [0.25, 0.3) is 0 Å². The Kier molecular flexibility index (Phi) is 6.46. The first kappa shape index (κ1) is 23.3. The van der Waals surface area contributed by atoms with Crippen molar-refractivity contribution in [3.8, 4) is 17.2 Å². The first-order chi connectivity index (χ1) is 17.5. The van der Waals surface area contributed by atoms with E-state index in [4.69, 9.17) is 0 Å². The lowest BCUT2D eigenvalue weighted by Crippen LogP contribution is -2.06. The molecule has 3 heteroatoms. The predicted molar refractivity (Wildman–Crippen MR) is 144 cm³/mol. The molecule has 0 saturated carbocycles. The summed E-state index contributed by atoms with van der Waals surface area (Å²) in [7, 11) is 0. The van der Waals surface area contributed by atoms with Crippen molar-refractivity contribution in [1.29, 1.82) is 0 Å². The molecule has 0 aliphatic carbocycles. The largest absolute Gasteiger partial charge is 0.508 e. The van der Waals surface area contributed by atoms with Crippen LogP contribution >= 0.6 is 0 Å². The van der Waals surface area contributed by atoms with Gasteiger partial charge in [-0.3, -0.25) is 0 Å². The molecule has 0 radical (unpaired) electrons. The number of aryl methyl sites for hydroxylation is 1. The Hall–Kier alpha value is -4.50. The molecule has 0 heterocycles. The summed E-state index contributed by atoms with van der Waals surface area (Å²) in [6, 6.07) is 39.2. The Morgan fingerprint density at radius 1 is 0.389 bits per heavy atom. The van der Waals surface area contributed by atoms with Crippen molar-refractivity contribution in [2.45, 2.75) is 18.8 Å². The number of hydrogen-bond donors (Lipinski definition) is 3. The summed E-state index contributed by atoms with van der Waals surface area (Å²) in [6.07, 6.45) is 0. The van der Waals surface area contributed by atoms with Gasteiger partial charge in [0, 0.05) is 11.8 Å². The molecule has 0 aliphatic heterocycles. The minimum atomic E-state index is -0.0497. The molecule has 36 heavy (non-hydrogen) atoms. The SMILES string of the molecule is Cc1cccc(C(c2ccc(O)cc2)c2ccc(C(c3ccc(O)cc3)c3ccc(O)cc3)cc2)c1. The molecule has 5 aromatic carbocycles. The number of rotatable bonds is 6. The highest BCUT2D eigenvalue weighted by Crippen LogP contribution is 2.37. The van der Waals surface area contributed by atoms with Gasteiger partial charge in [-0.2, -0.15) is 0 Å². The van der Waals surface area contributed by atoms with Crippen LogP contribution in [0.5, 0.6) is 17.2 Å². The van der Waals surface area contributed by atoms with Crippen molar-refractivity contribution in [3.63, 3.8) is 0 Å². The van der Waals surface area contributed by atoms with Crippen LogP contribution in [0, 0.1) is 6.92 Å². The maximum Gasteiger partial charge on any atom is 0.115 e. The van der Waals surface area contributed by atoms with Gasteiger partial charge in [-0.15, -0.1) is 0 Å². The molecule has 0 fully saturated rings. The molecule has 0 aliphatic rings. The van der Waals surface area contributed by atoms with Crippen LogP contribution < -0.4 is 0 Å². The van der Waals surface area contributed by atoms with E-state index in [0.29, 0.717) is 0 Å².